The number of nitrogens with zero attached hydrogens (tertiary/aromatic N) is 3. The maximum Gasteiger partial charge on any atom is 0.263 e. The van der Waals surface area contributed by atoms with Gasteiger partial charge in [0.25, 0.3) is 5.91 Å². The zero-order valence-corrected chi connectivity index (χ0v) is 15.0. The zero-order chi connectivity index (χ0) is 19.3. The largest absolute Gasteiger partial charge is 0.484 e. The summed E-state index contributed by atoms with van der Waals surface area (Å²) in [6.07, 6.45) is 0. The fourth-order valence-electron chi connectivity index (χ4n) is 2.48. The highest BCUT2D eigenvalue weighted by molar-refractivity contribution is 5.90. The number of aryl methyl sites for hydroxylation is 1. The number of hydrogen-bond acceptors (Lipinski definition) is 7. The Morgan fingerprint density at radius 3 is 2.32 bits per heavy atom. The molecule has 2 aromatic heterocycles. The lowest BCUT2D eigenvalue weighted by molar-refractivity contribution is -0.118. The summed E-state index contributed by atoms with van der Waals surface area (Å²) in [7, 11) is 0. The third-order valence-electron chi connectivity index (χ3n) is 3.81. The number of carbonyl (C=O) groups is 1. The molecule has 0 unspecified atom stereocenters. The lowest BCUT2D eigenvalue weighted by Crippen LogP contribution is -2.20. The number of ether oxygens (including phenoxy) is 1. The van der Waals surface area contributed by atoms with Gasteiger partial charge in [-0.3, -0.25) is 4.79 Å². The molecule has 0 saturated heterocycles. The summed E-state index contributed by atoms with van der Waals surface area (Å²) >= 11 is 0. The number of carbonyl (C=O) groups excluding carboxylic acids is 1. The van der Waals surface area contributed by atoms with Crippen LogP contribution >= 0.6 is 0 Å². The highest BCUT2D eigenvalue weighted by Gasteiger charge is 2.11. The van der Waals surface area contributed by atoms with E-state index in [1.54, 1.807) is 37.3 Å². The lowest BCUT2D eigenvalue weighted by atomic mass is 10.2. The van der Waals surface area contributed by atoms with Gasteiger partial charge in [0.05, 0.1) is 0 Å². The summed E-state index contributed by atoms with van der Waals surface area (Å²) < 4.78 is 16.1. The molecule has 0 atom stereocenters. The van der Waals surface area contributed by atoms with Crippen LogP contribution in [0.5, 0.6) is 5.75 Å². The number of benzene rings is 2. The van der Waals surface area contributed by atoms with Crippen molar-refractivity contribution in [2.24, 2.45) is 0 Å². The molecule has 4 rings (SSSR count). The van der Waals surface area contributed by atoms with Crippen molar-refractivity contribution in [3.8, 4) is 28.7 Å². The van der Waals surface area contributed by atoms with Crippen LogP contribution in [0, 0.1) is 6.92 Å². The second-order valence-corrected chi connectivity index (χ2v) is 5.96. The van der Waals surface area contributed by atoms with Crippen LogP contribution in [-0.2, 0) is 4.79 Å². The molecule has 8 nitrogen and oxygen atoms in total. The first-order chi connectivity index (χ1) is 13.7. The van der Waals surface area contributed by atoms with Crippen LogP contribution in [-0.4, -0.2) is 27.9 Å². The van der Waals surface area contributed by atoms with Crippen LogP contribution < -0.4 is 10.1 Å². The fraction of sp³-hybridized carbons (Fsp3) is 0.100. The molecule has 28 heavy (non-hydrogen) atoms. The van der Waals surface area contributed by atoms with Gasteiger partial charge in [0.15, 0.2) is 12.4 Å². The lowest BCUT2D eigenvalue weighted by Gasteiger charge is -2.06. The van der Waals surface area contributed by atoms with E-state index in [1.807, 2.05) is 30.3 Å². The quantitative estimate of drug-likeness (QED) is 0.547. The number of amides is 1. The molecular formula is C20H16N4O4. The maximum absolute atomic E-state index is 11.9. The summed E-state index contributed by atoms with van der Waals surface area (Å²) in [4.78, 5) is 11.9. The summed E-state index contributed by atoms with van der Waals surface area (Å²) in [6.45, 7) is 1.59. The van der Waals surface area contributed by atoms with E-state index in [4.69, 9.17) is 13.7 Å². The van der Waals surface area contributed by atoms with Gasteiger partial charge in [-0.25, -0.2) is 0 Å². The smallest absolute Gasteiger partial charge is 0.263 e. The van der Waals surface area contributed by atoms with Gasteiger partial charge >= 0.3 is 0 Å². The highest BCUT2D eigenvalue weighted by Crippen LogP contribution is 2.25. The minimum atomic E-state index is -0.332. The van der Waals surface area contributed by atoms with Gasteiger partial charge in [-0.15, -0.1) is 10.2 Å². The average Bonchev–Trinajstić information content (AvgIpc) is 3.37. The van der Waals surface area contributed by atoms with E-state index >= 15 is 0 Å². The Balaban J connectivity index is 1.36. The Morgan fingerprint density at radius 2 is 1.68 bits per heavy atom. The molecule has 0 saturated carbocycles. The highest BCUT2D eigenvalue weighted by atomic mass is 16.5. The number of hydrogen-bond donors (Lipinski definition) is 1. The molecule has 2 heterocycles. The van der Waals surface area contributed by atoms with Crippen LogP contribution in [0.25, 0.3) is 22.9 Å². The van der Waals surface area contributed by atoms with E-state index in [0.29, 0.717) is 29.1 Å². The molecule has 2 aromatic carbocycles. The van der Waals surface area contributed by atoms with E-state index < -0.39 is 0 Å². The van der Waals surface area contributed by atoms with Crippen LogP contribution in [0.3, 0.4) is 0 Å². The SMILES string of the molecule is Cc1cc(NC(=O)COc2ccc(-c3nnc(-c4ccccc4)o3)cc2)no1. The number of anilines is 1. The Morgan fingerprint density at radius 1 is 1.00 bits per heavy atom. The molecule has 140 valence electrons. The molecule has 1 amide bonds. The molecule has 0 bridgehead atoms. The number of aromatic nitrogens is 3. The van der Waals surface area contributed by atoms with Crippen molar-refractivity contribution < 1.29 is 18.5 Å². The molecule has 8 heteroatoms. The van der Waals surface area contributed by atoms with E-state index in [9.17, 15) is 4.79 Å². The van der Waals surface area contributed by atoms with Crippen LogP contribution in [0.15, 0.2) is 69.6 Å². The third kappa shape index (κ3) is 4.07. The van der Waals surface area contributed by atoms with Gasteiger partial charge in [-0.1, -0.05) is 23.4 Å². The monoisotopic (exact) mass is 376 g/mol. The van der Waals surface area contributed by atoms with Crippen molar-refractivity contribution in [2.45, 2.75) is 6.92 Å². The standard InChI is InChI=1S/C20H16N4O4/c1-13-11-17(24-28-13)21-18(25)12-26-16-9-7-15(8-10-16)20-23-22-19(27-20)14-5-3-2-4-6-14/h2-11H,12H2,1H3,(H,21,24,25). The van der Waals surface area contributed by atoms with Crippen LogP contribution in [0.1, 0.15) is 5.76 Å². The van der Waals surface area contributed by atoms with Crippen molar-refractivity contribution in [3.05, 3.63) is 66.4 Å². The Hall–Kier alpha value is -3.94. The minimum absolute atomic E-state index is 0.149. The molecule has 4 aromatic rings. The van der Waals surface area contributed by atoms with Crippen molar-refractivity contribution >= 4 is 11.7 Å². The molecule has 0 aliphatic heterocycles. The first-order valence-corrected chi connectivity index (χ1v) is 8.53. The normalized spacial score (nSPS) is 10.6. The third-order valence-corrected chi connectivity index (χ3v) is 3.81. The molecule has 0 aliphatic rings. The second kappa shape index (κ2) is 7.75. The van der Waals surface area contributed by atoms with Gasteiger partial charge in [0.1, 0.15) is 11.5 Å². The van der Waals surface area contributed by atoms with Gasteiger partial charge < -0.3 is 19.0 Å². The van der Waals surface area contributed by atoms with Gasteiger partial charge in [-0.2, -0.15) is 0 Å². The van der Waals surface area contributed by atoms with Crippen LogP contribution in [0.2, 0.25) is 0 Å². The van der Waals surface area contributed by atoms with Crippen LogP contribution in [0.4, 0.5) is 5.82 Å². The predicted octanol–water partition coefficient (Wildman–Crippen LogP) is 3.72. The van der Waals surface area contributed by atoms with Gasteiger partial charge in [0.2, 0.25) is 11.8 Å². The fourth-order valence-corrected chi connectivity index (χ4v) is 2.48. The van der Waals surface area contributed by atoms with Crippen molar-refractivity contribution in [1.82, 2.24) is 15.4 Å². The van der Waals surface area contributed by atoms with E-state index in [2.05, 4.69) is 20.7 Å². The summed E-state index contributed by atoms with van der Waals surface area (Å²) in [5.41, 5.74) is 1.61. The first-order valence-electron chi connectivity index (χ1n) is 8.53. The predicted molar refractivity (Wildman–Crippen MR) is 101 cm³/mol. The Bertz CT molecular complexity index is 1070. The summed E-state index contributed by atoms with van der Waals surface area (Å²) in [6, 6.07) is 18.2. The number of nitrogens with one attached hydrogen (secondary N) is 1. The van der Waals surface area contributed by atoms with Gasteiger partial charge in [-0.05, 0) is 43.3 Å². The second-order valence-electron chi connectivity index (χ2n) is 5.96. The van der Waals surface area contributed by atoms with Gasteiger partial charge in [0, 0.05) is 17.2 Å². The van der Waals surface area contributed by atoms with E-state index in [1.165, 1.54) is 0 Å². The first kappa shape index (κ1) is 17.5. The van der Waals surface area contributed by atoms with E-state index in [0.717, 1.165) is 11.1 Å². The van der Waals surface area contributed by atoms with Crippen molar-refractivity contribution in [2.75, 3.05) is 11.9 Å². The van der Waals surface area contributed by atoms with Crippen molar-refractivity contribution in [1.29, 1.82) is 0 Å². The molecule has 0 fully saturated rings. The number of rotatable bonds is 6. The summed E-state index contributed by atoms with van der Waals surface area (Å²) in [5.74, 6) is 2.04. The average molecular weight is 376 g/mol. The topological polar surface area (TPSA) is 103 Å². The Kier molecular flexibility index (Phi) is 4.83. The van der Waals surface area contributed by atoms with Crippen molar-refractivity contribution in [3.63, 3.8) is 0 Å². The summed E-state index contributed by atoms with van der Waals surface area (Å²) in [5, 5.41) is 14.4. The van der Waals surface area contributed by atoms with E-state index in [-0.39, 0.29) is 12.5 Å². The molecule has 0 radical (unpaired) electrons. The molecule has 0 aliphatic carbocycles. The molecule has 0 spiro atoms. The maximum atomic E-state index is 11.9. The minimum Gasteiger partial charge on any atom is -0.484 e. The zero-order valence-electron chi connectivity index (χ0n) is 15.0. The molecular weight excluding hydrogens is 360 g/mol. The Labute approximate surface area is 160 Å². The molecule has 1 N–H and O–H groups in total.